The van der Waals surface area contributed by atoms with Gasteiger partial charge in [0.1, 0.15) is 12.4 Å². The maximum Gasteiger partial charge on any atom is 0.338 e. The van der Waals surface area contributed by atoms with Crippen molar-refractivity contribution in [1.29, 1.82) is 0 Å². The molecule has 0 fully saturated rings. The Balaban J connectivity index is 2.50. The lowest BCUT2D eigenvalue weighted by Gasteiger charge is -1.94. The Hall–Kier alpha value is -1.25. The molecule has 0 aliphatic carbocycles. The molecule has 0 atom stereocenters. The smallest absolute Gasteiger partial charge is 0.338 e. The highest BCUT2D eigenvalue weighted by Crippen LogP contribution is 2.18. The highest BCUT2D eigenvalue weighted by molar-refractivity contribution is 5.91. The number of ether oxygens (including phenoxy) is 1. The van der Waals surface area contributed by atoms with Gasteiger partial charge in [-0.25, -0.2) is 4.79 Å². The quantitative estimate of drug-likeness (QED) is 0.515. The van der Waals surface area contributed by atoms with Crippen LogP contribution in [0.1, 0.15) is 19.8 Å². The maximum atomic E-state index is 10.9. The Morgan fingerprint density at radius 2 is 2.42 bits per heavy atom. The molecule has 3 nitrogen and oxygen atoms in total. The van der Waals surface area contributed by atoms with E-state index in [1.54, 1.807) is 0 Å². The van der Waals surface area contributed by atoms with Crippen molar-refractivity contribution < 1.29 is 14.6 Å². The Kier molecular flexibility index (Phi) is 2.91. The van der Waals surface area contributed by atoms with E-state index in [9.17, 15) is 4.79 Å². The number of aliphatic hydroxyl groups excluding tert-OH is 1. The SMILES string of the molecule is C/C=C/CCC1=C(O)COC1=O. The molecule has 1 aliphatic heterocycles. The molecule has 0 aromatic carbocycles. The van der Waals surface area contributed by atoms with Crippen LogP contribution in [0.4, 0.5) is 0 Å². The molecule has 0 saturated heterocycles. The summed E-state index contributed by atoms with van der Waals surface area (Å²) < 4.78 is 4.62. The van der Waals surface area contributed by atoms with Gasteiger partial charge in [0.05, 0.1) is 5.57 Å². The van der Waals surface area contributed by atoms with E-state index in [0.29, 0.717) is 12.0 Å². The summed E-state index contributed by atoms with van der Waals surface area (Å²) in [6.45, 7) is 1.96. The van der Waals surface area contributed by atoms with E-state index in [2.05, 4.69) is 4.74 Å². The van der Waals surface area contributed by atoms with Crippen molar-refractivity contribution in [2.24, 2.45) is 0 Å². The first-order valence-electron chi connectivity index (χ1n) is 3.95. The first-order chi connectivity index (χ1) is 5.75. The number of esters is 1. The maximum absolute atomic E-state index is 10.9. The predicted molar refractivity (Wildman–Crippen MR) is 44.7 cm³/mol. The van der Waals surface area contributed by atoms with Gasteiger partial charge in [0, 0.05) is 0 Å². The van der Waals surface area contributed by atoms with E-state index in [-0.39, 0.29) is 18.3 Å². The lowest BCUT2D eigenvalue weighted by atomic mass is 10.1. The lowest BCUT2D eigenvalue weighted by molar-refractivity contribution is -0.136. The molecular weight excluding hydrogens is 156 g/mol. The second-order valence-electron chi connectivity index (χ2n) is 2.61. The van der Waals surface area contributed by atoms with Gasteiger partial charge in [-0.2, -0.15) is 0 Å². The van der Waals surface area contributed by atoms with E-state index in [0.717, 1.165) is 6.42 Å². The van der Waals surface area contributed by atoms with E-state index >= 15 is 0 Å². The number of carbonyl (C=O) groups is 1. The lowest BCUT2D eigenvalue weighted by Crippen LogP contribution is -1.98. The zero-order chi connectivity index (χ0) is 8.97. The molecule has 0 spiro atoms. The number of hydrogen-bond donors (Lipinski definition) is 1. The summed E-state index contributed by atoms with van der Waals surface area (Å²) in [5, 5.41) is 9.17. The second kappa shape index (κ2) is 3.95. The molecule has 0 aromatic heterocycles. The molecule has 1 aliphatic rings. The van der Waals surface area contributed by atoms with Gasteiger partial charge in [-0.15, -0.1) is 0 Å². The largest absolute Gasteiger partial charge is 0.508 e. The molecule has 12 heavy (non-hydrogen) atoms. The van der Waals surface area contributed by atoms with E-state index in [1.807, 2.05) is 19.1 Å². The summed E-state index contributed by atoms with van der Waals surface area (Å²) in [6.07, 6.45) is 5.20. The van der Waals surface area contributed by atoms with E-state index in [4.69, 9.17) is 5.11 Å². The Bertz CT molecular complexity index is 238. The van der Waals surface area contributed by atoms with Crippen LogP contribution in [0.3, 0.4) is 0 Å². The zero-order valence-electron chi connectivity index (χ0n) is 7.04. The van der Waals surface area contributed by atoms with Gasteiger partial charge < -0.3 is 9.84 Å². The van der Waals surface area contributed by atoms with Crippen molar-refractivity contribution in [3.63, 3.8) is 0 Å². The summed E-state index contributed by atoms with van der Waals surface area (Å²) in [5.74, 6) is -0.290. The molecule has 3 heteroatoms. The summed E-state index contributed by atoms with van der Waals surface area (Å²) in [6, 6.07) is 0. The minimum Gasteiger partial charge on any atom is -0.508 e. The number of cyclic esters (lactones) is 1. The average Bonchev–Trinajstić information content (AvgIpc) is 2.35. The first kappa shape index (κ1) is 8.84. The normalized spacial score (nSPS) is 17.6. The van der Waals surface area contributed by atoms with Gasteiger partial charge in [0.15, 0.2) is 0 Å². The van der Waals surface area contributed by atoms with E-state index < -0.39 is 0 Å². The first-order valence-corrected chi connectivity index (χ1v) is 3.95. The van der Waals surface area contributed by atoms with Gasteiger partial charge in [0.25, 0.3) is 0 Å². The summed E-state index contributed by atoms with van der Waals surface area (Å²) >= 11 is 0. The van der Waals surface area contributed by atoms with Crippen molar-refractivity contribution >= 4 is 5.97 Å². The van der Waals surface area contributed by atoms with Crippen LogP contribution < -0.4 is 0 Å². The highest BCUT2D eigenvalue weighted by Gasteiger charge is 2.23. The Morgan fingerprint density at radius 3 is 2.92 bits per heavy atom. The van der Waals surface area contributed by atoms with Crippen LogP contribution in [-0.4, -0.2) is 17.7 Å². The van der Waals surface area contributed by atoms with Crippen LogP contribution in [-0.2, 0) is 9.53 Å². The number of allylic oxidation sites excluding steroid dienone is 2. The second-order valence-corrected chi connectivity index (χ2v) is 2.61. The summed E-state index contributed by atoms with van der Waals surface area (Å²) in [5.41, 5.74) is 0.424. The standard InChI is InChI=1S/C9H12O3/c1-2-3-4-5-7-8(10)6-12-9(7)11/h2-3,10H,4-6H2,1H3/b3-2+. The topological polar surface area (TPSA) is 46.5 Å². The van der Waals surface area contributed by atoms with Gasteiger partial charge in [-0.3, -0.25) is 0 Å². The number of aliphatic hydroxyl groups is 1. The monoisotopic (exact) mass is 168 g/mol. The van der Waals surface area contributed by atoms with Crippen LogP contribution in [0.2, 0.25) is 0 Å². The molecule has 66 valence electrons. The Labute approximate surface area is 71.3 Å². The van der Waals surface area contributed by atoms with Crippen LogP contribution in [0.5, 0.6) is 0 Å². The third-order valence-electron chi connectivity index (χ3n) is 1.73. The molecule has 0 aromatic rings. The summed E-state index contributed by atoms with van der Waals surface area (Å²) in [4.78, 5) is 10.9. The average molecular weight is 168 g/mol. The highest BCUT2D eigenvalue weighted by atomic mass is 16.5. The molecule has 1 heterocycles. The minimum absolute atomic E-state index is 0.0456. The third kappa shape index (κ3) is 1.87. The van der Waals surface area contributed by atoms with Crippen molar-refractivity contribution in [3.05, 3.63) is 23.5 Å². The number of hydrogen-bond acceptors (Lipinski definition) is 3. The van der Waals surface area contributed by atoms with E-state index in [1.165, 1.54) is 0 Å². The van der Waals surface area contributed by atoms with Crippen molar-refractivity contribution in [2.45, 2.75) is 19.8 Å². The number of carbonyl (C=O) groups excluding carboxylic acids is 1. The fourth-order valence-electron chi connectivity index (χ4n) is 1.07. The van der Waals surface area contributed by atoms with Crippen LogP contribution >= 0.6 is 0 Å². The Morgan fingerprint density at radius 1 is 1.67 bits per heavy atom. The molecule has 0 bridgehead atoms. The van der Waals surface area contributed by atoms with Crippen LogP contribution in [0.15, 0.2) is 23.5 Å². The molecule has 1 N–H and O–H groups in total. The number of rotatable bonds is 3. The fourth-order valence-corrected chi connectivity index (χ4v) is 1.07. The molecule has 0 radical (unpaired) electrons. The van der Waals surface area contributed by atoms with Crippen LogP contribution in [0, 0.1) is 0 Å². The fraction of sp³-hybridized carbons (Fsp3) is 0.444. The summed E-state index contributed by atoms with van der Waals surface area (Å²) in [7, 11) is 0. The molecule has 0 unspecified atom stereocenters. The minimum atomic E-state index is -0.378. The molecule has 0 amide bonds. The predicted octanol–water partition coefficient (Wildman–Crippen LogP) is 1.71. The van der Waals surface area contributed by atoms with Gasteiger partial charge in [0.2, 0.25) is 0 Å². The van der Waals surface area contributed by atoms with Crippen LogP contribution in [0.25, 0.3) is 0 Å². The van der Waals surface area contributed by atoms with Crippen molar-refractivity contribution in [2.75, 3.05) is 6.61 Å². The van der Waals surface area contributed by atoms with Gasteiger partial charge >= 0.3 is 5.97 Å². The third-order valence-corrected chi connectivity index (χ3v) is 1.73. The van der Waals surface area contributed by atoms with Crippen molar-refractivity contribution in [3.8, 4) is 0 Å². The molecule has 1 rings (SSSR count). The van der Waals surface area contributed by atoms with Gasteiger partial charge in [-0.1, -0.05) is 12.2 Å². The van der Waals surface area contributed by atoms with Gasteiger partial charge in [-0.05, 0) is 19.8 Å². The molecule has 0 saturated carbocycles. The van der Waals surface area contributed by atoms with Crippen molar-refractivity contribution in [1.82, 2.24) is 0 Å². The zero-order valence-corrected chi connectivity index (χ0v) is 7.04. The molecular formula is C9H12O3.